The van der Waals surface area contributed by atoms with Gasteiger partial charge in [0.1, 0.15) is 11.4 Å². The number of nitrogens with one attached hydrogen (secondary N) is 1. The first kappa shape index (κ1) is 24.7. The molecule has 0 unspecified atom stereocenters. The third-order valence-electron chi connectivity index (χ3n) is 5.01. The van der Waals surface area contributed by atoms with E-state index >= 15 is 0 Å². The molecule has 0 bridgehead atoms. The number of carboxylic acids is 1. The van der Waals surface area contributed by atoms with Crippen molar-refractivity contribution in [2.75, 3.05) is 26.2 Å². The molecule has 0 atom stereocenters. The molecule has 3 rings (SSSR count). The molecule has 0 radical (unpaired) electrons. The van der Waals surface area contributed by atoms with E-state index in [1.54, 1.807) is 6.92 Å². The van der Waals surface area contributed by atoms with Crippen LogP contribution in [-0.2, 0) is 24.4 Å². The van der Waals surface area contributed by atoms with Gasteiger partial charge in [0.05, 0.1) is 4.90 Å². The summed E-state index contributed by atoms with van der Waals surface area (Å²) in [6.07, 6.45) is 0.830. The van der Waals surface area contributed by atoms with Crippen molar-refractivity contribution >= 4 is 27.6 Å². The number of carboxylic acid groups (broad SMARTS) is 1. The maximum atomic E-state index is 13.4. The monoisotopic (exact) mass is 458 g/mol. The predicted molar refractivity (Wildman–Crippen MR) is 110 cm³/mol. The Morgan fingerprint density at radius 1 is 1.35 bits per heavy atom. The first-order valence-electron chi connectivity index (χ1n) is 9.70. The van der Waals surface area contributed by atoms with Gasteiger partial charge in [-0.05, 0) is 24.6 Å². The van der Waals surface area contributed by atoms with Gasteiger partial charge in [-0.25, -0.2) is 17.6 Å². The number of nitrogens with two attached hydrogens (primary N) is 1. The van der Waals surface area contributed by atoms with Crippen LogP contribution in [0.25, 0.3) is 0 Å². The van der Waals surface area contributed by atoms with Crippen LogP contribution in [0.3, 0.4) is 0 Å². The molecule has 172 valence electrons. The number of hydrogen-bond acceptors (Lipinski definition) is 7. The summed E-state index contributed by atoms with van der Waals surface area (Å²) < 4.78 is 40.2. The van der Waals surface area contributed by atoms with E-state index in [-0.39, 0.29) is 36.0 Å². The Hall–Kier alpha value is -2.57. The van der Waals surface area contributed by atoms with Gasteiger partial charge in [0, 0.05) is 52.4 Å². The van der Waals surface area contributed by atoms with Gasteiger partial charge in [-0.15, -0.1) is 0 Å². The molecule has 0 aliphatic carbocycles. The molecule has 1 saturated heterocycles. The largest absolute Gasteiger partial charge is 0.477 e. The number of piperidine rings is 1. The fraction of sp³-hybridized carbons (Fsp3) is 0.526. The van der Waals surface area contributed by atoms with Gasteiger partial charge >= 0.3 is 5.97 Å². The zero-order valence-corrected chi connectivity index (χ0v) is 18.2. The Labute approximate surface area is 180 Å². The molecule has 1 aromatic carbocycles. The van der Waals surface area contributed by atoms with Crippen molar-refractivity contribution in [1.82, 2.24) is 9.62 Å². The van der Waals surface area contributed by atoms with Gasteiger partial charge in [0.15, 0.2) is 5.71 Å². The Bertz CT molecular complexity index is 958. The molecule has 0 saturated carbocycles. The van der Waals surface area contributed by atoms with E-state index in [9.17, 15) is 22.4 Å². The minimum Gasteiger partial charge on any atom is -0.477 e. The van der Waals surface area contributed by atoms with Crippen LogP contribution in [0.15, 0.2) is 28.3 Å². The predicted octanol–water partition coefficient (Wildman–Crippen LogP) is 0.600. The molecule has 2 aliphatic heterocycles. The number of aliphatic carboxylic acids is 1. The molecule has 1 aromatic rings. The van der Waals surface area contributed by atoms with E-state index in [1.165, 1.54) is 23.4 Å². The molecule has 12 heteroatoms. The number of oxime groups is 1. The Morgan fingerprint density at radius 3 is 2.48 bits per heavy atom. The zero-order chi connectivity index (χ0) is 23.2. The minimum absolute atomic E-state index is 0.0227. The van der Waals surface area contributed by atoms with Gasteiger partial charge in [-0.2, -0.15) is 4.31 Å². The number of hydrogen-bond donors (Lipinski definition) is 3. The number of halogens is 1. The number of aryl methyl sites for hydroxylation is 1. The Kier molecular flexibility index (Phi) is 8.09. The number of benzene rings is 1. The maximum absolute atomic E-state index is 13.4. The third-order valence-corrected chi connectivity index (χ3v) is 7.05. The maximum Gasteiger partial charge on any atom is 0.353 e. The normalized spacial score (nSPS) is 17.9. The van der Waals surface area contributed by atoms with E-state index < -0.39 is 27.4 Å². The minimum atomic E-state index is -3.81. The summed E-state index contributed by atoms with van der Waals surface area (Å²) >= 11 is 0. The van der Waals surface area contributed by atoms with Crippen LogP contribution >= 0.6 is 0 Å². The van der Waals surface area contributed by atoms with Crippen LogP contribution in [0.2, 0.25) is 0 Å². The number of rotatable bonds is 5. The second kappa shape index (κ2) is 10.2. The first-order chi connectivity index (χ1) is 14.5. The lowest BCUT2D eigenvalue weighted by atomic mass is 9.88. The summed E-state index contributed by atoms with van der Waals surface area (Å²) in [7, 11) is -3.81. The van der Waals surface area contributed by atoms with Crippen molar-refractivity contribution in [1.29, 1.82) is 0 Å². The number of nitrogens with zero attached hydrogens (tertiary/aromatic N) is 2. The standard InChI is InChI=1S/C15H17FN2O5S.C4H10N2O/c1-10-2-3-11(16)8-13(10)24(21,22)18-6-4-15(5-7-18)9-12(14(19)20)17-23-15;1-4(7)6-3-2-5/h2-3,8H,4-7,9H2,1H3,(H,19,20);2-3,5H2,1H3,(H,6,7). The van der Waals surface area contributed by atoms with E-state index in [0.29, 0.717) is 31.5 Å². The molecular weight excluding hydrogens is 431 g/mol. The van der Waals surface area contributed by atoms with Crippen LogP contribution in [0, 0.1) is 12.7 Å². The highest BCUT2D eigenvalue weighted by Gasteiger charge is 2.46. The number of sulfonamides is 1. The van der Waals surface area contributed by atoms with Crippen molar-refractivity contribution < 1.29 is 32.3 Å². The van der Waals surface area contributed by atoms with Crippen LogP contribution < -0.4 is 11.1 Å². The molecule has 0 aromatic heterocycles. The Morgan fingerprint density at radius 2 is 2.00 bits per heavy atom. The molecule has 4 N–H and O–H groups in total. The number of amides is 1. The topological polar surface area (TPSA) is 151 Å². The van der Waals surface area contributed by atoms with Gasteiger partial charge in [0.25, 0.3) is 0 Å². The lowest BCUT2D eigenvalue weighted by Gasteiger charge is -2.36. The van der Waals surface area contributed by atoms with E-state index in [1.807, 2.05) is 0 Å². The molecule has 1 spiro atoms. The highest BCUT2D eigenvalue weighted by Crippen LogP contribution is 2.36. The van der Waals surface area contributed by atoms with Gasteiger partial charge < -0.3 is 21.0 Å². The number of carbonyl (C=O) groups excluding carboxylic acids is 1. The SMILES string of the molecule is CC(=O)NCCN.Cc1ccc(F)cc1S(=O)(=O)N1CCC2(CC1)CC(C(=O)O)=NO2. The molecule has 1 amide bonds. The van der Waals surface area contributed by atoms with Crippen LogP contribution in [0.5, 0.6) is 0 Å². The van der Waals surface area contributed by atoms with Crippen molar-refractivity contribution in [3.05, 3.63) is 29.6 Å². The molecule has 2 heterocycles. The van der Waals surface area contributed by atoms with Crippen molar-refractivity contribution in [3.8, 4) is 0 Å². The average molecular weight is 459 g/mol. The van der Waals surface area contributed by atoms with Gasteiger partial charge in [0.2, 0.25) is 15.9 Å². The van der Waals surface area contributed by atoms with E-state index in [0.717, 1.165) is 6.07 Å². The summed E-state index contributed by atoms with van der Waals surface area (Å²) in [6.45, 7) is 4.51. The van der Waals surface area contributed by atoms with Gasteiger partial charge in [-0.1, -0.05) is 11.2 Å². The molecular formula is C19H27FN4O6S. The fourth-order valence-corrected chi connectivity index (χ4v) is 4.96. The van der Waals surface area contributed by atoms with Crippen LogP contribution in [-0.4, -0.2) is 67.2 Å². The van der Waals surface area contributed by atoms with Crippen molar-refractivity contribution in [3.63, 3.8) is 0 Å². The average Bonchev–Trinajstić information content (AvgIpc) is 3.13. The molecule has 2 aliphatic rings. The van der Waals surface area contributed by atoms with Crippen LogP contribution in [0.4, 0.5) is 4.39 Å². The van der Waals surface area contributed by atoms with E-state index in [2.05, 4.69) is 10.5 Å². The van der Waals surface area contributed by atoms with Crippen LogP contribution in [0.1, 0.15) is 31.7 Å². The van der Waals surface area contributed by atoms with Crippen molar-refractivity contribution in [2.24, 2.45) is 10.9 Å². The van der Waals surface area contributed by atoms with Crippen molar-refractivity contribution in [2.45, 2.75) is 43.6 Å². The highest BCUT2D eigenvalue weighted by atomic mass is 32.2. The second-order valence-corrected chi connectivity index (χ2v) is 9.29. The zero-order valence-electron chi connectivity index (χ0n) is 17.4. The quantitative estimate of drug-likeness (QED) is 0.584. The number of carbonyl (C=O) groups is 2. The molecule has 31 heavy (non-hydrogen) atoms. The summed E-state index contributed by atoms with van der Waals surface area (Å²) in [5.41, 5.74) is 4.74. The summed E-state index contributed by atoms with van der Waals surface area (Å²) in [5.74, 6) is -1.76. The van der Waals surface area contributed by atoms with Gasteiger partial charge in [-0.3, -0.25) is 4.79 Å². The fourth-order valence-electron chi connectivity index (χ4n) is 3.28. The summed E-state index contributed by atoms with van der Waals surface area (Å²) in [4.78, 5) is 26.2. The molecule has 1 fully saturated rings. The summed E-state index contributed by atoms with van der Waals surface area (Å²) in [6, 6.07) is 3.67. The summed E-state index contributed by atoms with van der Waals surface area (Å²) in [5, 5.41) is 15.1. The second-order valence-electron chi connectivity index (χ2n) is 7.38. The Balaban J connectivity index is 0.000000423. The first-order valence-corrected chi connectivity index (χ1v) is 11.1. The van der Waals surface area contributed by atoms with E-state index in [4.69, 9.17) is 15.7 Å². The molecule has 10 nitrogen and oxygen atoms in total. The lowest BCUT2D eigenvalue weighted by molar-refractivity contribution is -0.129. The lowest BCUT2D eigenvalue weighted by Crippen LogP contribution is -2.47. The third kappa shape index (κ3) is 6.21. The highest BCUT2D eigenvalue weighted by molar-refractivity contribution is 7.89. The smallest absolute Gasteiger partial charge is 0.353 e.